The van der Waals surface area contributed by atoms with E-state index in [4.69, 9.17) is 4.74 Å². The molecule has 2 aromatic rings. The minimum absolute atomic E-state index is 0.264. The van der Waals surface area contributed by atoms with E-state index in [2.05, 4.69) is 43.9 Å². The van der Waals surface area contributed by atoms with Crippen molar-refractivity contribution in [2.75, 3.05) is 6.61 Å². The summed E-state index contributed by atoms with van der Waals surface area (Å²) in [6.45, 7) is 11.2. The van der Waals surface area contributed by atoms with Crippen molar-refractivity contribution in [3.8, 4) is 0 Å². The molecule has 0 spiro atoms. The summed E-state index contributed by atoms with van der Waals surface area (Å²) < 4.78 is 5.07. The number of allylic oxidation sites excluding steroid dienone is 1. The first-order chi connectivity index (χ1) is 10.9. The summed E-state index contributed by atoms with van der Waals surface area (Å²) in [6.07, 6.45) is 0.793. The Labute approximate surface area is 139 Å². The van der Waals surface area contributed by atoms with Gasteiger partial charge in [-0.1, -0.05) is 65.9 Å². The van der Waals surface area contributed by atoms with Crippen LogP contribution in [0.15, 0.2) is 66.4 Å². The Hall–Kier alpha value is -2.13. The molecular formula is C20H24O2Si. The van der Waals surface area contributed by atoms with Gasteiger partial charge in [-0.25, -0.2) is 4.79 Å². The summed E-state index contributed by atoms with van der Waals surface area (Å²) in [6, 6.07) is 18.2. The van der Waals surface area contributed by atoms with Gasteiger partial charge in [-0.2, -0.15) is 0 Å². The molecule has 0 amide bonds. The highest BCUT2D eigenvalue weighted by atomic mass is 28.3. The number of benzene rings is 2. The van der Waals surface area contributed by atoms with Crippen molar-refractivity contribution in [1.29, 1.82) is 0 Å². The minimum Gasteiger partial charge on any atom is -0.462 e. The van der Waals surface area contributed by atoms with Crippen LogP contribution in [0.1, 0.15) is 22.8 Å². The molecule has 120 valence electrons. The van der Waals surface area contributed by atoms with Crippen LogP contribution in [0.4, 0.5) is 0 Å². The Bertz CT molecular complexity index is 690. The normalized spacial score (nSPS) is 11.1. The van der Waals surface area contributed by atoms with Crippen LogP contribution in [0, 0.1) is 0 Å². The first-order valence-corrected chi connectivity index (χ1v) is 10.9. The Morgan fingerprint density at radius 2 is 1.78 bits per heavy atom. The molecule has 0 fully saturated rings. The predicted molar refractivity (Wildman–Crippen MR) is 98.8 cm³/mol. The molecule has 3 heteroatoms. The van der Waals surface area contributed by atoms with Crippen LogP contribution in [0.2, 0.25) is 13.1 Å². The van der Waals surface area contributed by atoms with Crippen LogP contribution >= 0.6 is 0 Å². The van der Waals surface area contributed by atoms with Gasteiger partial charge in [0.1, 0.15) is 8.07 Å². The van der Waals surface area contributed by atoms with Gasteiger partial charge in [-0.3, -0.25) is 0 Å². The molecule has 2 rings (SSSR count). The van der Waals surface area contributed by atoms with E-state index >= 15 is 0 Å². The van der Waals surface area contributed by atoms with E-state index in [0.29, 0.717) is 12.2 Å². The minimum atomic E-state index is -1.74. The third kappa shape index (κ3) is 4.20. The number of hydrogen-bond donors (Lipinski definition) is 0. The molecule has 0 aromatic heterocycles. The molecule has 0 atom stereocenters. The third-order valence-corrected chi connectivity index (χ3v) is 7.96. The second-order valence-corrected chi connectivity index (χ2v) is 10.7. The standard InChI is InChI=1S/C20H24O2Si/c1-5-22-20(21)18-11-9-10-17(15-18)14-16(2)23(3,4)19-12-7-6-8-13-19/h6-13,15H,2,5,14H2,1,3-4H3. The maximum atomic E-state index is 11.9. The van der Waals surface area contributed by atoms with E-state index in [1.54, 1.807) is 6.07 Å². The number of carbonyl (C=O) groups excluding carboxylic acids is 1. The van der Waals surface area contributed by atoms with Crippen molar-refractivity contribution in [2.24, 2.45) is 0 Å². The Morgan fingerprint density at radius 3 is 2.43 bits per heavy atom. The van der Waals surface area contributed by atoms with Crippen LogP contribution in [-0.2, 0) is 11.2 Å². The number of hydrogen-bond acceptors (Lipinski definition) is 2. The molecule has 23 heavy (non-hydrogen) atoms. The lowest BCUT2D eigenvalue weighted by molar-refractivity contribution is 0.0526. The third-order valence-electron chi connectivity index (χ3n) is 4.23. The SMILES string of the molecule is C=C(Cc1cccc(C(=O)OCC)c1)[Si](C)(C)c1ccccc1. The van der Waals surface area contributed by atoms with Gasteiger partial charge in [0, 0.05) is 0 Å². The molecular weight excluding hydrogens is 300 g/mol. The van der Waals surface area contributed by atoms with Crippen molar-refractivity contribution in [3.63, 3.8) is 0 Å². The van der Waals surface area contributed by atoms with Crippen molar-refractivity contribution in [3.05, 3.63) is 77.5 Å². The van der Waals surface area contributed by atoms with Crippen LogP contribution in [0.25, 0.3) is 0 Å². The molecule has 0 aliphatic heterocycles. The molecule has 0 N–H and O–H groups in total. The molecule has 0 radical (unpaired) electrons. The highest BCUT2D eigenvalue weighted by Crippen LogP contribution is 2.19. The second kappa shape index (κ2) is 7.42. The van der Waals surface area contributed by atoms with Gasteiger partial charge in [0.05, 0.1) is 12.2 Å². The summed E-state index contributed by atoms with van der Waals surface area (Å²) in [7, 11) is -1.74. The smallest absolute Gasteiger partial charge is 0.338 e. The maximum Gasteiger partial charge on any atom is 0.338 e. The fourth-order valence-electron chi connectivity index (χ4n) is 2.55. The van der Waals surface area contributed by atoms with Crippen molar-refractivity contribution >= 4 is 19.2 Å². The zero-order chi connectivity index (χ0) is 16.9. The van der Waals surface area contributed by atoms with Crippen molar-refractivity contribution in [1.82, 2.24) is 0 Å². The monoisotopic (exact) mass is 324 g/mol. The number of ether oxygens (including phenoxy) is 1. The highest BCUT2D eigenvalue weighted by Gasteiger charge is 2.26. The van der Waals surface area contributed by atoms with Crippen molar-refractivity contribution < 1.29 is 9.53 Å². The van der Waals surface area contributed by atoms with Gasteiger partial charge in [0.25, 0.3) is 0 Å². The fraction of sp³-hybridized carbons (Fsp3) is 0.250. The Kier molecular flexibility index (Phi) is 5.56. The van der Waals surface area contributed by atoms with Gasteiger partial charge >= 0.3 is 5.97 Å². The van der Waals surface area contributed by atoms with E-state index in [1.165, 1.54) is 10.4 Å². The van der Waals surface area contributed by atoms with Crippen LogP contribution in [-0.4, -0.2) is 20.7 Å². The van der Waals surface area contributed by atoms with Crippen LogP contribution < -0.4 is 5.19 Å². The van der Waals surface area contributed by atoms with E-state index in [9.17, 15) is 4.79 Å². The van der Waals surface area contributed by atoms with Crippen LogP contribution in [0.3, 0.4) is 0 Å². The fourth-order valence-corrected chi connectivity index (χ4v) is 4.63. The van der Waals surface area contributed by atoms with Gasteiger partial charge in [0.15, 0.2) is 0 Å². The summed E-state index contributed by atoms with van der Waals surface area (Å²) in [5.41, 5.74) is 1.72. The van der Waals surface area contributed by atoms with Gasteiger partial charge in [-0.05, 0) is 31.0 Å². The first-order valence-electron chi connectivity index (χ1n) is 7.95. The molecule has 0 aliphatic carbocycles. The zero-order valence-electron chi connectivity index (χ0n) is 14.1. The molecule has 0 heterocycles. The summed E-state index contributed by atoms with van der Waals surface area (Å²) in [5.74, 6) is -0.264. The average Bonchev–Trinajstić information content (AvgIpc) is 2.56. The molecule has 0 saturated heterocycles. The molecule has 0 unspecified atom stereocenters. The molecule has 0 bridgehead atoms. The summed E-state index contributed by atoms with van der Waals surface area (Å²) in [5, 5.41) is 2.64. The zero-order valence-corrected chi connectivity index (χ0v) is 15.1. The predicted octanol–water partition coefficient (Wildman–Crippen LogP) is 4.12. The molecule has 0 saturated carbocycles. The Balaban J connectivity index is 2.17. The summed E-state index contributed by atoms with van der Waals surface area (Å²) in [4.78, 5) is 11.9. The number of esters is 1. The number of carbonyl (C=O) groups is 1. The second-order valence-electron chi connectivity index (χ2n) is 6.19. The quantitative estimate of drug-likeness (QED) is 0.590. The van der Waals surface area contributed by atoms with E-state index < -0.39 is 8.07 Å². The molecule has 2 nitrogen and oxygen atoms in total. The topological polar surface area (TPSA) is 26.3 Å². The molecule has 0 aliphatic rings. The van der Waals surface area contributed by atoms with Crippen molar-refractivity contribution in [2.45, 2.75) is 26.4 Å². The largest absolute Gasteiger partial charge is 0.462 e. The highest BCUT2D eigenvalue weighted by molar-refractivity contribution is 6.95. The van der Waals surface area contributed by atoms with E-state index in [-0.39, 0.29) is 5.97 Å². The Morgan fingerprint density at radius 1 is 1.09 bits per heavy atom. The summed E-state index contributed by atoms with van der Waals surface area (Å²) >= 11 is 0. The lowest BCUT2D eigenvalue weighted by atomic mass is 10.1. The van der Waals surface area contributed by atoms with Crippen LogP contribution in [0.5, 0.6) is 0 Å². The van der Waals surface area contributed by atoms with E-state index in [0.717, 1.165) is 12.0 Å². The van der Waals surface area contributed by atoms with Gasteiger partial charge in [-0.15, -0.1) is 6.58 Å². The number of rotatable bonds is 6. The van der Waals surface area contributed by atoms with Gasteiger partial charge in [0.2, 0.25) is 0 Å². The first kappa shape index (κ1) is 17.2. The maximum absolute atomic E-state index is 11.9. The van der Waals surface area contributed by atoms with E-state index in [1.807, 2.05) is 31.2 Å². The molecule has 2 aromatic carbocycles. The average molecular weight is 324 g/mol. The lowest BCUT2D eigenvalue weighted by Crippen LogP contribution is -2.44. The lowest BCUT2D eigenvalue weighted by Gasteiger charge is -2.26. The van der Waals surface area contributed by atoms with Gasteiger partial charge < -0.3 is 4.74 Å².